The van der Waals surface area contributed by atoms with Gasteiger partial charge < -0.3 is 19.8 Å². The Morgan fingerprint density at radius 3 is 1.31 bits per heavy atom. The molecule has 0 aliphatic carbocycles. The van der Waals surface area contributed by atoms with E-state index in [1.807, 2.05) is 21.1 Å². The zero-order chi connectivity index (χ0) is 47.1. The molecule has 0 aromatic carbocycles. The summed E-state index contributed by atoms with van der Waals surface area (Å²) in [4.78, 5) is 23.2. The number of phosphoric acid groups is 1. The first kappa shape index (κ1) is 61.7. The molecule has 0 heterocycles. The third kappa shape index (κ3) is 47.6. The Morgan fingerprint density at radius 2 is 0.922 bits per heavy atom. The maximum atomic E-state index is 12.9. The fourth-order valence-electron chi connectivity index (χ4n) is 7.09. The number of amides is 1. The molecule has 0 spiro atoms. The smallest absolute Gasteiger partial charge is 0.391 e. The summed E-state index contributed by atoms with van der Waals surface area (Å²) in [6.07, 6.45) is 63.4. The number of aliphatic hydroxyl groups excluding tert-OH is 1. The van der Waals surface area contributed by atoms with Crippen LogP contribution in [0.5, 0.6) is 0 Å². The summed E-state index contributed by atoms with van der Waals surface area (Å²) in [6, 6.07) is -0.797. The van der Waals surface area contributed by atoms with Crippen LogP contribution in [0.25, 0.3) is 0 Å². The number of carbonyl (C=O) groups is 1. The van der Waals surface area contributed by atoms with Crippen LogP contribution >= 0.6 is 7.82 Å². The number of nitrogens with one attached hydrogen (secondary N) is 1. The van der Waals surface area contributed by atoms with Gasteiger partial charge in [0.05, 0.1) is 39.9 Å². The van der Waals surface area contributed by atoms with Gasteiger partial charge in [0.25, 0.3) is 0 Å². The highest BCUT2D eigenvalue weighted by Gasteiger charge is 2.28. The molecule has 0 aromatic rings. The minimum absolute atomic E-state index is 0.0593. The molecule has 9 heteroatoms. The van der Waals surface area contributed by atoms with E-state index in [4.69, 9.17) is 9.05 Å². The van der Waals surface area contributed by atoms with Gasteiger partial charge in [-0.25, -0.2) is 4.57 Å². The molecule has 0 aliphatic heterocycles. The van der Waals surface area contributed by atoms with E-state index < -0.39 is 20.0 Å². The summed E-state index contributed by atoms with van der Waals surface area (Å²) >= 11 is 0. The molecule has 0 fully saturated rings. The first-order valence-corrected chi connectivity index (χ1v) is 27.4. The topological polar surface area (TPSA) is 105 Å². The van der Waals surface area contributed by atoms with Gasteiger partial charge in [0.2, 0.25) is 5.91 Å². The third-order valence-corrected chi connectivity index (χ3v) is 12.1. The lowest BCUT2D eigenvalue weighted by Crippen LogP contribution is -2.46. The van der Waals surface area contributed by atoms with E-state index in [2.05, 4.69) is 104 Å². The van der Waals surface area contributed by atoms with Crippen molar-refractivity contribution < 1.29 is 32.9 Å². The van der Waals surface area contributed by atoms with E-state index in [1.54, 1.807) is 0 Å². The number of quaternary nitrogens is 1. The Balaban J connectivity index is 4.40. The van der Waals surface area contributed by atoms with Gasteiger partial charge in [0.15, 0.2) is 0 Å². The molecule has 370 valence electrons. The van der Waals surface area contributed by atoms with Crippen LogP contribution in [-0.4, -0.2) is 73.4 Å². The van der Waals surface area contributed by atoms with Crippen molar-refractivity contribution in [2.75, 3.05) is 40.9 Å². The Hall–Kier alpha value is -2.32. The predicted octanol–water partition coefficient (Wildman–Crippen LogP) is 15.3. The van der Waals surface area contributed by atoms with Crippen LogP contribution in [0, 0.1) is 0 Å². The Morgan fingerprint density at radius 1 is 0.547 bits per heavy atom. The zero-order valence-electron chi connectivity index (χ0n) is 42.0. The zero-order valence-corrected chi connectivity index (χ0v) is 42.9. The number of likely N-dealkylation sites (N-methyl/N-ethyl adjacent to an activating group) is 1. The van der Waals surface area contributed by atoms with Crippen molar-refractivity contribution in [3.8, 4) is 0 Å². The van der Waals surface area contributed by atoms with Crippen molar-refractivity contribution in [3.63, 3.8) is 0 Å². The van der Waals surface area contributed by atoms with Crippen molar-refractivity contribution in [1.82, 2.24) is 5.32 Å². The van der Waals surface area contributed by atoms with E-state index in [-0.39, 0.29) is 19.1 Å². The number of phosphoric ester groups is 1. The van der Waals surface area contributed by atoms with Crippen molar-refractivity contribution in [1.29, 1.82) is 0 Å². The van der Waals surface area contributed by atoms with Gasteiger partial charge in [0.1, 0.15) is 13.2 Å². The maximum absolute atomic E-state index is 12.9. The number of hydrogen-bond acceptors (Lipinski definition) is 5. The fourth-order valence-corrected chi connectivity index (χ4v) is 7.83. The van der Waals surface area contributed by atoms with Gasteiger partial charge in [-0.15, -0.1) is 0 Å². The molecule has 0 aromatic heterocycles. The molecule has 1 amide bonds. The Labute approximate surface area is 395 Å². The van der Waals surface area contributed by atoms with Crippen LogP contribution < -0.4 is 5.32 Å². The maximum Gasteiger partial charge on any atom is 0.472 e. The molecule has 0 bridgehead atoms. The quantitative estimate of drug-likeness (QED) is 0.0243. The number of hydrogen-bond donors (Lipinski definition) is 3. The highest BCUT2D eigenvalue weighted by Crippen LogP contribution is 2.43. The standard InChI is InChI=1S/C55H99N2O6P/c1-6-8-10-12-14-16-18-20-22-24-26-27-28-29-31-33-35-37-39-41-43-45-47-49-55(59)56-53(52-63-64(60,61)62-51-50-57(3,4)5)54(58)48-46-44-42-40-38-36-34-32-30-25-23-21-19-17-15-13-11-9-7-2/h8,10,14,16,20,22,26-27,29,31,35,37,41,43,53-54,58H,6-7,9,11-13,15,17-19,21,23-25,28,30,32-34,36,38-40,42,44-52H2,1-5H3,(H-,56,59,60,61)/p+1/b10-8-,16-14-,22-20-,27-26-,31-29-,37-35-,43-41-. The SMILES string of the molecule is CC/C=C\C/C=C\C/C=C\C/C=C\C/C=C\C/C=C\C/C=C\CCCC(=O)NC(COP(=O)(O)OCC[N+](C)(C)C)C(O)CCCCCCCCCCCCCCCCCCCCC. The molecule has 3 N–H and O–H groups in total. The van der Waals surface area contributed by atoms with Gasteiger partial charge in [-0.3, -0.25) is 13.8 Å². The average Bonchev–Trinajstić information content (AvgIpc) is 3.25. The summed E-state index contributed by atoms with van der Waals surface area (Å²) in [5, 5.41) is 14.0. The Bertz CT molecular complexity index is 1310. The normalized spacial score (nSPS) is 14.8. The second kappa shape index (κ2) is 45.8. The van der Waals surface area contributed by atoms with E-state index >= 15 is 0 Å². The molecule has 0 rings (SSSR count). The molecule has 0 aliphatic rings. The first-order valence-electron chi connectivity index (χ1n) is 26.0. The van der Waals surface area contributed by atoms with E-state index in [0.717, 1.165) is 70.6 Å². The van der Waals surface area contributed by atoms with Crippen LogP contribution in [0.4, 0.5) is 0 Å². The highest BCUT2D eigenvalue weighted by atomic mass is 31.2. The highest BCUT2D eigenvalue weighted by molar-refractivity contribution is 7.47. The summed E-state index contributed by atoms with van der Waals surface area (Å²) in [6.45, 7) is 4.73. The minimum Gasteiger partial charge on any atom is -0.391 e. The van der Waals surface area contributed by atoms with Crippen molar-refractivity contribution in [2.24, 2.45) is 0 Å². The van der Waals surface area contributed by atoms with E-state index in [9.17, 15) is 19.4 Å². The number of unbranched alkanes of at least 4 members (excludes halogenated alkanes) is 19. The van der Waals surface area contributed by atoms with Gasteiger partial charge in [-0.2, -0.15) is 0 Å². The second-order valence-corrected chi connectivity index (χ2v) is 20.0. The van der Waals surface area contributed by atoms with Crippen LogP contribution in [0.1, 0.15) is 206 Å². The van der Waals surface area contributed by atoms with Crippen LogP contribution in [0.3, 0.4) is 0 Å². The van der Waals surface area contributed by atoms with Crippen molar-refractivity contribution in [3.05, 3.63) is 85.1 Å². The number of rotatable bonds is 46. The third-order valence-electron chi connectivity index (χ3n) is 11.2. The van der Waals surface area contributed by atoms with Crippen LogP contribution in [0.15, 0.2) is 85.1 Å². The molecule has 0 saturated carbocycles. The second-order valence-electron chi connectivity index (χ2n) is 18.5. The molecule has 64 heavy (non-hydrogen) atoms. The Kier molecular flexibility index (Phi) is 44.2. The molecule has 0 saturated heterocycles. The van der Waals surface area contributed by atoms with Crippen LogP contribution in [0.2, 0.25) is 0 Å². The molecule has 8 nitrogen and oxygen atoms in total. The van der Waals surface area contributed by atoms with Crippen molar-refractivity contribution in [2.45, 2.75) is 219 Å². The molecular weight excluding hydrogens is 816 g/mol. The largest absolute Gasteiger partial charge is 0.472 e. The fraction of sp³-hybridized carbons (Fsp3) is 0.727. The number of nitrogens with zero attached hydrogens (tertiary/aromatic N) is 1. The minimum atomic E-state index is -4.34. The van der Waals surface area contributed by atoms with Gasteiger partial charge in [-0.1, -0.05) is 221 Å². The predicted molar refractivity (Wildman–Crippen MR) is 276 cm³/mol. The lowest BCUT2D eigenvalue weighted by Gasteiger charge is -2.26. The molecule has 3 atom stereocenters. The lowest BCUT2D eigenvalue weighted by molar-refractivity contribution is -0.870. The van der Waals surface area contributed by atoms with Crippen molar-refractivity contribution >= 4 is 13.7 Å². The lowest BCUT2D eigenvalue weighted by atomic mass is 10.0. The summed E-state index contributed by atoms with van der Waals surface area (Å²) in [7, 11) is 1.57. The summed E-state index contributed by atoms with van der Waals surface area (Å²) in [5.74, 6) is -0.204. The summed E-state index contributed by atoms with van der Waals surface area (Å²) < 4.78 is 23.7. The molecule has 0 radical (unpaired) electrons. The average molecular weight is 916 g/mol. The number of aliphatic hydroxyl groups is 1. The van der Waals surface area contributed by atoms with E-state index in [1.165, 1.54) is 103 Å². The van der Waals surface area contributed by atoms with Gasteiger partial charge >= 0.3 is 7.82 Å². The monoisotopic (exact) mass is 916 g/mol. The van der Waals surface area contributed by atoms with Crippen LogP contribution in [-0.2, 0) is 18.4 Å². The number of carbonyl (C=O) groups excluding carboxylic acids is 1. The molecular formula is C55H100N2O6P+. The summed E-state index contributed by atoms with van der Waals surface area (Å²) in [5.41, 5.74) is 0. The first-order chi connectivity index (χ1) is 31.0. The number of allylic oxidation sites excluding steroid dienone is 14. The van der Waals surface area contributed by atoms with Gasteiger partial charge in [-0.05, 0) is 64.2 Å². The molecule has 3 unspecified atom stereocenters. The van der Waals surface area contributed by atoms with E-state index in [0.29, 0.717) is 30.3 Å². The van der Waals surface area contributed by atoms with Gasteiger partial charge in [0, 0.05) is 6.42 Å².